The number of carbonyl (C=O) groups is 4. The lowest BCUT2D eigenvalue weighted by Gasteiger charge is -2.21. The van der Waals surface area contributed by atoms with Crippen molar-refractivity contribution in [3.8, 4) is 0 Å². The molecule has 0 aliphatic carbocycles. The normalized spacial score (nSPS) is 14.3. The van der Waals surface area contributed by atoms with Gasteiger partial charge in [0.05, 0.1) is 26.4 Å². The lowest BCUT2D eigenvalue weighted by atomic mass is 10.0. The van der Waals surface area contributed by atoms with Crippen LogP contribution in [0.3, 0.4) is 0 Å². The molecule has 96 heavy (non-hydrogen) atoms. The van der Waals surface area contributed by atoms with Gasteiger partial charge < -0.3 is 33.8 Å². The van der Waals surface area contributed by atoms with E-state index in [9.17, 15) is 43.2 Å². The maximum absolute atomic E-state index is 13.1. The van der Waals surface area contributed by atoms with Crippen molar-refractivity contribution in [2.24, 2.45) is 0 Å². The number of allylic oxidation sites excluding steroid dienone is 10. The van der Waals surface area contributed by atoms with Gasteiger partial charge in [-0.15, -0.1) is 0 Å². The summed E-state index contributed by atoms with van der Waals surface area (Å²) in [6.45, 7) is 4.79. The number of hydrogen-bond donors (Lipinski definition) is 3. The third-order valence-electron chi connectivity index (χ3n) is 16.5. The molecule has 5 unspecified atom stereocenters. The van der Waals surface area contributed by atoms with Crippen LogP contribution in [0.5, 0.6) is 0 Å². The van der Waals surface area contributed by atoms with Crippen LogP contribution >= 0.6 is 15.6 Å². The second-order valence-electron chi connectivity index (χ2n) is 25.9. The number of esters is 4. The molecule has 0 radical (unpaired) electrons. The molecule has 560 valence electrons. The minimum Gasteiger partial charge on any atom is -0.462 e. The fraction of sp³-hybridized carbons (Fsp3) is 0.818. The van der Waals surface area contributed by atoms with Crippen molar-refractivity contribution in [1.82, 2.24) is 0 Å². The molecule has 19 heteroatoms. The molecular formula is C77H140O17P2. The second-order valence-corrected chi connectivity index (χ2v) is 28.9. The predicted molar refractivity (Wildman–Crippen MR) is 390 cm³/mol. The average Bonchev–Trinajstić information content (AvgIpc) is 1.98. The molecule has 0 spiro atoms. The van der Waals surface area contributed by atoms with Gasteiger partial charge in [0, 0.05) is 25.7 Å². The maximum atomic E-state index is 13.1. The number of ether oxygens (including phenoxy) is 4. The van der Waals surface area contributed by atoms with E-state index >= 15 is 0 Å². The highest BCUT2D eigenvalue weighted by Gasteiger charge is 2.30. The van der Waals surface area contributed by atoms with Crippen molar-refractivity contribution in [3.05, 3.63) is 60.8 Å². The van der Waals surface area contributed by atoms with Crippen LogP contribution in [0.1, 0.15) is 349 Å². The number of carbonyl (C=O) groups excluding carboxylic acids is 4. The summed E-state index contributed by atoms with van der Waals surface area (Å²) in [6, 6.07) is 0. The van der Waals surface area contributed by atoms with Crippen molar-refractivity contribution < 1.29 is 80.2 Å². The molecule has 0 aliphatic heterocycles. The molecule has 0 saturated heterocycles. The number of rotatable bonds is 73. The van der Waals surface area contributed by atoms with Crippen LogP contribution in [0.4, 0.5) is 0 Å². The third kappa shape index (κ3) is 69.2. The Kier molecular flexibility index (Phi) is 67.8. The summed E-state index contributed by atoms with van der Waals surface area (Å²) in [7, 11) is -9.94. The zero-order valence-corrected chi connectivity index (χ0v) is 62.8. The van der Waals surface area contributed by atoms with Crippen LogP contribution in [0.15, 0.2) is 60.8 Å². The van der Waals surface area contributed by atoms with E-state index in [1.54, 1.807) is 0 Å². The van der Waals surface area contributed by atoms with E-state index in [0.29, 0.717) is 25.7 Å². The summed E-state index contributed by atoms with van der Waals surface area (Å²) in [6.07, 6.45) is 67.8. The van der Waals surface area contributed by atoms with Gasteiger partial charge in [-0.25, -0.2) is 9.13 Å². The molecule has 3 N–H and O–H groups in total. The van der Waals surface area contributed by atoms with E-state index in [1.807, 2.05) is 0 Å². The second kappa shape index (κ2) is 70.2. The smallest absolute Gasteiger partial charge is 0.462 e. The van der Waals surface area contributed by atoms with Gasteiger partial charge in [-0.3, -0.25) is 37.3 Å². The number of aliphatic hydroxyl groups excluding tert-OH is 1. The highest BCUT2D eigenvalue weighted by molar-refractivity contribution is 7.47. The zero-order chi connectivity index (χ0) is 70.4. The molecule has 0 rings (SSSR count). The summed E-state index contributed by atoms with van der Waals surface area (Å²) in [5.41, 5.74) is 0. The monoisotopic (exact) mass is 1400 g/mol. The maximum Gasteiger partial charge on any atom is 0.472 e. The summed E-state index contributed by atoms with van der Waals surface area (Å²) < 4.78 is 68.4. The Labute approximate surface area is 584 Å². The van der Waals surface area contributed by atoms with E-state index in [1.165, 1.54) is 116 Å². The van der Waals surface area contributed by atoms with Gasteiger partial charge in [0.15, 0.2) is 12.2 Å². The molecule has 0 amide bonds. The fourth-order valence-corrected chi connectivity index (χ4v) is 12.1. The average molecular weight is 1400 g/mol. The first-order chi connectivity index (χ1) is 46.7. The molecule has 0 aromatic carbocycles. The Hall–Kier alpha value is -3.24. The van der Waals surface area contributed by atoms with E-state index < -0.39 is 97.5 Å². The minimum atomic E-state index is -4.97. The highest BCUT2D eigenvalue weighted by atomic mass is 31.2. The topological polar surface area (TPSA) is 237 Å². The Morgan fingerprint density at radius 3 is 0.833 bits per heavy atom. The molecule has 17 nitrogen and oxygen atoms in total. The summed E-state index contributed by atoms with van der Waals surface area (Å²) in [5, 5.41) is 10.6. The van der Waals surface area contributed by atoms with Crippen LogP contribution in [0.2, 0.25) is 0 Å². The molecule has 0 fully saturated rings. The molecule has 0 aromatic heterocycles. The van der Waals surface area contributed by atoms with Crippen molar-refractivity contribution >= 4 is 39.5 Å². The quantitative estimate of drug-likeness (QED) is 0.0169. The largest absolute Gasteiger partial charge is 0.472 e. The first-order valence-corrected chi connectivity index (χ1v) is 41.5. The van der Waals surface area contributed by atoms with Crippen LogP contribution in [-0.2, 0) is 65.4 Å². The van der Waals surface area contributed by atoms with Crippen molar-refractivity contribution in [3.63, 3.8) is 0 Å². The number of phosphoric acid groups is 2. The Bertz CT molecular complexity index is 2060. The van der Waals surface area contributed by atoms with E-state index in [-0.39, 0.29) is 25.7 Å². The molecule has 0 aliphatic rings. The van der Waals surface area contributed by atoms with Crippen LogP contribution < -0.4 is 0 Å². The first-order valence-electron chi connectivity index (χ1n) is 38.5. The SMILES string of the molecule is CCCC/C=C\CCCCCCCC(=O)OC(COC(=O)CCCCCCC/C=C\C/C=C\CCCCC)COP(=O)(O)OCC(O)COP(=O)(O)OCC(COC(=O)CCCCCCC/C=C\C/C=C\CCCCC)OC(=O)CCCCCCCCCCCCCCCCC. The van der Waals surface area contributed by atoms with Crippen LogP contribution in [-0.4, -0.2) is 96.7 Å². The highest BCUT2D eigenvalue weighted by Crippen LogP contribution is 2.45. The molecule has 5 atom stereocenters. The minimum absolute atomic E-state index is 0.0846. The van der Waals surface area contributed by atoms with Gasteiger partial charge in [0.1, 0.15) is 19.3 Å². The number of phosphoric ester groups is 2. The van der Waals surface area contributed by atoms with Crippen molar-refractivity contribution in [2.45, 2.75) is 367 Å². The lowest BCUT2D eigenvalue weighted by Crippen LogP contribution is -2.30. The third-order valence-corrected chi connectivity index (χ3v) is 18.4. The first kappa shape index (κ1) is 92.8. The number of hydrogen-bond acceptors (Lipinski definition) is 15. The molecule has 0 aromatic rings. The fourth-order valence-electron chi connectivity index (χ4n) is 10.5. The Morgan fingerprint density at radius 1 is 0.292 bits per heavy atom. The Morgan fingerprint density at radius 2 is 0.521 bits per heavy atom. The summed E-state index contributed by atoms with van der Waals surface area (Å²) in [4.78, 5) is 72.8. The van der Waals surface area contributed by atoms with Gasteiger partial charge in [-0.1, -0.05) is 275 Å². The number of aliphatic hydroxyl groups is 1. The Balaban J connectivity index is 5.32. The van der Waals surface area contributed by atoms with Crippen molar-refractivity contribution in [1.29, 1.82) is 0 Å². The van der Waals surface area contributed by atoms with Crippen LogP contribution in [0.25, 0.3) is 0 Å². The molecule has 0 bridgehead atoms. The van der Waals surface area contributed by atoms with Gasteiger partial charge in [0.2, 0.25) is 0 Å². The van der Waals surface area contributed by atoms with Crippen LogP contribution in [0, 0.1) is 0 Å². The molecule has 0 saturated carbocycles. The van der Waals surface area contributed by atoms with Gasteiger partial charge >= 0.3 is 39.5 Å². The van der Waals surface area contributed by atoms with E-state index in [2.05, 4.69) is 88.5 Å². The van der Waals surface area contributed by atoms with Gasteiger partial charge in [-0.2, -0.15) is 0 Å². The number of unbranched alkanes of at least 4 members (excludes halogenated alkanes) is 37. The van der Waals surface area contributed by atoms with Crippen molar-refractivity contribution in [2.75, 3.05) is 39.6 Å². The van der Waals surface area contributed by atoms with E-state index in [4.69, 9.17) is 37.0 Å². The predicted octanol–water partition coefficient (Wildman–Crippen LogP) is 21.9. The van der Waals surface area contributed by atoms with Gasteiger partial charge in [-0.05, 0) is 109 Å². The summed E-state index contributed by atoms with van der Waals surface area (Å²) in [5.74, 6) is -2.19. The van der Waals surface area contributed by atoms with E-state index in [0.717, 1.165) is 154 Å². The lowest BCUT2D eigenvalue weighted by molar-refractivity contribution is -0.161. The molecular weight excluding hydrogens is 1260 g/mol. The van der Waals surface area contributed by atoms with Gasteiger partial charge in [0.25, 0.3) is 0 Å². The standard InChI is InChI=1S/C77H140O17P2/c1-5-9-13-17-21-25-29-32-35-38-42-45-49-53-57-61-74(79)87-67-72(93-76(81)63-59-55-51-47-41-28-24-20-16-12-8-4)69-91-95(83,84)89-65-71(78)66-90-96(85,86)92-70-73(94-77(82)64-60-56-52-48-44-40-37-34-31-27-23-19-15-11-7-3)68-88-75(80)62-58-54-50-46-43-39-36-33-30-26-22-18-14-10-6-2/h20-22,24-26,32-33,35-36,71-73,78H,5-19,23,27-31,34,37-70H2,1-4H3,(H,83,84)(H,85,86)/b24-20-,25-21-,26-22-,35-32-,36-33-. The molecule has 0 heterocycles. The zero-order valence-electron chi connectivity index (χ0n) is 61.1. The summed E-state index contributed by atoms with van der Waals surface area (Å²) >= 11 is 0.